The number of rotatable bonds is 6. The van der Waals surface area contributed by atoms with E-state index < -0.39 is 11.4 Å². The van der Waals surface area contributed by atoms with Gasteiger partial charge in [-0.3, -0.25) is 9.59 Å². The topological polar surface area (TPSA) is 89.4 Å². The summed E-state index contributed by atoms with van der Waals surface area (Å²) in [5.74, 6) is -1.20. The van der Waals surface area contributed by atoms with Gasteiger partial charge < -0.3 is 9.84 Å². The highest BCUT2D eigenvalue weighted by Crippen LogP contribution is 2.52. The van der Waals surface area contributed by atoms with E-state index >= 15 is 0 Å². The van der Waals surface area contributed by atoms with Crippen molar-refractivity contribution in [3.8, 4) is 11.3 Å². The zero-order chi connectivity index (χ0) is 19.7. The highest BCUT2D eigenvalue weighted by Gasteiger charge is 2.45. The second-order valence-electron chi connectivity index (χ2n) is 7.01. The van der Waals surface area contributed by atoms with E-state index in [4.69, 9.17) is 14.7 Å². The van der Waals surface area contributed by atoms with Crippen molar-refractivity contribution in [2.75, 3.05) is 7.11 Å². The lowest BCUT2D eigenvalue weighted by Gasteiger charge is -2.30. The Morgan fingerprint density at radius 1 is 0.964 bits per heavy atom. The van der Waals surface area contributed by atoms with Crippen LogP contribution in [0, 0.1) is 0 Å². The molecule has 1 unspecified atom stereocenters. The van der Waals surface area contributed by atoms with Crippen LogP contribution in [0.1, 0.15) is 36.9 Å². The summed E-state index contributed by atoms with van der Waals surface area (Å²) < 4.78 is 4.84. The number of nitrogens with zero attached hydrogens (tertiary/aromatic N) is 2. The molecular weight excluding hydrogens is 356 g/mol. The van der Waals surface area contributed by atoms with E-state index in [1.165, 1.54) is 7.11 Å². The Morgan fingerprint density at radius 2 is 1.61 bits per heavy atom. The first-order valence-corrected chi connectivity index (χ1v) is 9.21. The van der Waals surface area contributed by atoms with Gasteiger partial charge in [0.05, 0.1) is 29.5 Å². The summed E-state index contributed by atoms with van der Waals surface area (Å²) in [7, 11) is 1.36. The van der Waals surface area contributed by atoms with Crippen LogP contribution < -0.4 is 0 Å². The maximum Gasteiger partial charge on any atom is 0.305 e. The van der Waals surface area contributed by atoms with Gasteiger partial charge in [-0.2, -0.15) is 0 Å². The fraction of sp³-hybridized carbons (Fsp3) is 0.273. The third-order valence-corrected chi connectivity index (χ3v) is 5.47. The lowest BCUT2D eigenvalue weighted by molar-refractivity contribution is -0.141. The van der Waals surface area contributed by atoms with Gasteiger partial charge in [-0.25, -0.2) is 9.97 Å². The SMILES string of the molecule is COC(=O)CCC1(CCC(=O)O)c2ccccc2-c2nc3ccccc3nc21. The van der Waals surface area contributed by atoms with E-state index in [1.807, 2.05) is 48.5 Å². The molecule has 3 aromatic rings. The number of hydrogen-bond acceptors (Lipinski definition) is 5. The Bertz CT molecular complexity index is 1080. The second-order valence-corrected chi connectivity index (χ2v) is 7.01. The third-order valence-electron chi connectivity index (χ3n) is 5.47. The zero-order valence-corrected chi connectivity index (χ0v) is 15.5. The van der Waals surface area contributed by atoms with Gasteiger partial charge in [0.2, 0.25) is 0 Å². The smallest absolute Gasteiger partial charge is 0.305 e. The number of aromatic nitrogens is 2. The molecule has 0 amide bonds. The van der Waals surface area contributed by atoms with E-state index in [0.717, 1.165) is 33.5 Å². The van der Waals surface area contributed by atoms with Crippen LogP contribution in [0.3, 0.4) is 0 Å². The minimum Gasteiger partial charge on any atom is -0.481 e. The maximum absolute atomic E-state index is 11.9. The lowest BCUT2D eigenvalue weighted by atomic mass is 9.73. The number of carboxylic acid groups (broad SMARTS) is 1. The van der Waals surface area contributed by atoms with Crippen LogP contribution in [0.15, 0.2) is 48.5 Å². The Balaban J connectivity index is 1.94. The predicted octanol–water partition coefficient (Wildman–Crippen LogP) is 3.71. The molecule has 0 aliphatic heterocycles. The van der Waals surface area contributed by atoms with Gasteiger partial charge in [0.1, 0.15) is 0 Å². The van der Waals surface area contributed by atoms with Crippen LogP contribution >= 0.6 is 0 Å². The summed E-state index contributed by atoms with van der Waals surface area (Å²) in [6.45, 7) is 0. The van der Waals surface area contributed by atoms with Crippen LogP contribution in [0.2, 0.25) is 0 Å². The van der Waals surface area contributed by atoms with Crippen molar-refractivity contribution >= 4 is 23.0 Å². The Morgan fingerprint density at radius 3 is 2.32 bits per heavy atom. The predicted molar refractivity (Wildman–Crippen MR) is 104 cm³/mol. The zero-order valence-electron chi connectivity index (χ0n) is 15.5. The van der Waals surface area contributed by atoms with Crippen molar-refractivity contribution in [3.63, 3.8) is 0 Å². The molecule has 0 saturated carbocycles. The summed E-state index contributed by atoms with van der Waals surface area (Å²) in [5.41, 5.74) is 4.30. The Labute approximate surface area is 162 Å². The third kappa shape index (κ3) is 2.91. The number of methoxy groups -OCH3 is 1. The molecule has 1 aliphatic rings. The summed E-state index contributed by atoms with van der Waals surface area (Å²) in [6.07, 6.45) is 0.919. The van der Waals surface area contributed by atoms with Crippen molar-refractivity contribution in [1.82, 2.24) is 9.97 Å². The van der Waals surface area contributed by atoms with E-state index in [2.05, 4.69) is 0 Å². The van der Waals surface area contributed by atoms with Gasteiger partial charge in [0, 0.05) is 23.8 Å². The molecule has 0 saturated heterocycles. The highest BCUT2D eigenvalue weighted by atomic mass is 16.5. The van der Waals surface area contributed by atoms with Crippen LogP contribution in [-0.4, -0.2) is 34.1 Å². The van der Waals surface area contributed by atoms with E-state index in [-0.39, 0.29) is 18.8 Å². The number of fused-ring (bicyclic) bond motifs is 4. The van der Waals surface area contributed by atoms with Crippen LogP contribution in [0.25, 0.3) is 22.3 Å². The summed E-state index contributed by atoms with van der Waals surface area (Å²) in [6, 6.07) is 15.5. The average Bonchev–Trinajstić information content (AvgIpc) is 2.98. The van der Waals surface area contributed by atoms with Crippen molar-refractivity contribution in [3.05, 3.63) is 59.8 Å². The standard InChI is InChI=1S/C22H20N2O4/c1-28-19(27)11-13-22(12-10-18(25)26)15-7-3-2-6-14(15)20-21(22)24-17-9-5-4-8-16(17)23-20/h2-9H,10-13H2,1H3,(H,25,26). The largest absolute Gasteiger partial charge is 0.481 e. The normalized spacial score (nSPS) is 17.2. The quantitative estimate of drug-likeness (QED) is 0.660. The molecule has 4 rings (SSSR count). The molecule has 28 heavy (non-hydrogen) atoms. The van der Waals surface area contributed by atoms with E-state index in [0.29, 0.717) is 12.8 Å². The molecule has 0 spiro atoms. The molecule has 1 atom stereocenters. The first-order valence-electron chi connectivity index (χ1n) is 9.21. The lowest BCUT2D eigenvalue weighted by Crippen LogP contribution is -2.29. The first-order chi connectivity index (χ1) is 13.5. The van der Waals surface area contributed by atoms with Crippen LogP contribution in [-0.2, 0) is 19.7 Å². The number of carboxylic acids is 1. The summed E-state index contributed by atoms with van der Waals surface area (Å²) in [4.78, 5) is 33.1. The fourth-order valence-electron chi connectivity index (χ4n) is 4.12. The average molecular weight is 376 g/mol. The Hall–Kier alpha value is -3.28. The molecule has 2 aromatic carbocycles. The van der Waals surface area contributed by atoms with Gasteiger partial charge in [0.25, 0.3) is 0 Å². The van der Waals surface area contributed by atoms with Crippen molar-refractivity contribution in [2.24, 2.45) is 0 Å². The van der Waals surface area contributed by atoms with Crippen LogP contribution in [0.5, 0.6) is 0 Å². The number of esters is 1. The molecule has 0 radical (unpaired) electrons. The number of benzene rings is 2. The molecule has 142 valence electrons. The van der Waals surface area contributed by atoms with Gasteiger partial charge in [-0.05, 0) is 30.5 Å². The number of ether oxygens (including phenoxy) is 1. The highest BCUT2D eigenvalue weighted by molar-refractivity contribution is 5.84. The van der Waals surface area contributed by atoms with Crippen molar-refractivity contribution in [1.29, 1.82) is 0 Å². The summed E-state index contributed by atoms with van der Waals surface area (Å²) in [5, 5.41) is 9.35. The molecule has 6 heteroatoms. The van der Waals surface area contributed by atoms with Gasteiger partial charge in [0.15, 0.2) is 0 Å². The van der Waals surface area contributed by atoms with E-state index in [9.17, 15) is 14.7 Å². The minimum atomic E-state index is -0.878. The number of hydrogen-bond donors (Lipinski definition) is 1. The molecule has 1 N–H and O–H groups in total. The van der Waals surface area contributed by atoms with Crippen molar-refractivity contribution < 1.29 is 19.4 Å². The number of carbonyl (C=O) groups excluding carboxylic acids is 1. The summed E-state index contributed by atoms with van der Waals surface area (Å²) >= 11 is 0. The van der Waals surface area contributed by atoms with Crippen molar-refractivity contribution in [2.45, 2.75) is 31.1 Å². The number of para-hydroxylation sites is 2. The molecule has 1 aromatic heterocycles. The van der Waals surface area contributed by atoms with Gasteiger partial charge >= 0.3 is 11.9 Å². The maximum atomic E-state index is 11.9. The minimum absolute atomic E-state index is 0.0244. The monoisotopic (exact) mass is 376 g/mol. The Kier molecular flexibility index (Phi) is 4.55. The first kappa shape index (κ1) is 18.1. The molecule has 0 fully saturated rings. The fourth-order valence-corrected chi connectivity index (χ4v) is 4.12. The molecule has 0 bridgehead atoms. The molecule has 6 nitrogen and oxygen atoms in total. The second kappa shape index (κ2) is 7.03. The van der Waals surface area contributed by atoms with Crippen LogP contribution in [0.4, 0.5) is 0 Å². The molecule has 1 aliphatic carbocycles. The molecule has 1 heterocycles. The number of carbonyl (C=O) groups is 2. The number of aliphatic carboxylic acids is 1. The van der Waals surface area contributed by atoms with Gasteiger partial charge in [-0.15, -0.1) is 0 Å². The van der Waals surface area contributed by atoms with Gasteiger partial charge in [-0.1, -0.05) is 36.4 Å². The van der Waals surface area contributed by atoms with E-state index in [1.54, 1.807) is 0 Å². The molecular formula is C22H20N2O4.